The van der Waals surface area contributed by atoms with E-state index in [1.807, 2.05) is 0 Å². The Morgan fingerprint density at radius 3 is 1.24 bits per heavy atom. The summed E-state index contributed by atoms with van der Waals surface area (Å²) < 4.78 is 0. The highest BCUT2D eigenvalue weighted by Gasteiger charge is 2.25. The number of anilines is 1. The van der Waals surface area contributed by atoms with Crippen LogP contribution in [0.2, 0.25) is 0 Å². The van der Waals surface area contributed by atoms with Gasteiger partial charge in [-0.1, -0.05) is 0 Å². The number of aromatic hydroxyl groups is 1. The maximum atomic E-state index is 11.8. The molecule has 0 aliphatic carbocycles. The number of amides is 1. The largest absolute Gasteiger partial charge is 0.507 e. The molecule has 0 fully saturated rings. The minimum atomic E-state index is -1.45. The standard InChI is InChI=1S/C26H37N5O14/c1-12(32)31-15-6-13(10-29-16(23(38)39)2-4-27-18(25(42)43)8-20(33)34)22(37)14(7-15)11-30-17(24(40)41)3-5-28-19(26(44)45)9-21(35)36/h6-7,16-19,27-30,37H,2-5,8-11H2,1H3,(H,31,32)(H,33,34)(H,35,36)(H,38,39)(H,40,41)(H,42,43)(H,44,45). The first-order valence-corrected chi connectivity index (χ1v) is 13.4. The predicted octanol–water partition coefficient (Wildman–Crippen LogP) is -1.75. The molecule has 0 saturated carbocycles. The fourth-order valence-corrected chi connectivity index (χ4v) is 4.04. The Morgan fingerprint density at radius 1 is 0.600 bits per heavy atom. The van der Waals surface area contributed by atoms with E-state index >= 15 is 0 Å². The quantitative estimate of drug-likeness (QED) is 0.0588. The molecule has 0 aliphatic heterocycles. The zero-order chi connectivity index (χ0) is 34.3. The number of phenolic OH excluding ortho intramolecular Hbond substituents is 1. The van der Waals surface area contributed by atoms with Crippen molar-refractivity contribution in [2.75, 3.05) is 18.4 Å². The maximum absolute atomic E-state index is 11.8. The molecule has 12 N–H and O–H groups in total. The number of aliphatic carboxylic acids is 6. The van der Waals surface area contributed by atoms with Crippen molar-refractivity contribution in [1.82, 2.24) is 21.3 Å². The van der Waals surface area contributed by atoms with E-state index in [0.29, 0.717) is 0 Å². The number of carbonyl (C=O) groups is 7. The van der Waals surface area contributed by atoms with Gasteiger partial charge in [0.25, 0.3) is 0 Å². The van der Waals surface area contributed by atoms with Gasteiger partial charge in [-0.15, -0.1) is 0 Å². The summed E-state index contributed by atoms with van der Waals surface area (Å²) in [7, 11) is 0. The Kier molecular flexibility index (Phi) is 15.9. The molecule has 0 bridgehead atoms. The van der Waals surface area contributed by atoms with Gasteiger partial charge in [-0.25, -0.2) is 0 Å². The Morgan fingerprint density at radius 2 is 0.956 bits per heavy atom. The molecule has 0 aliphatic rings. The zero-order valence-corrected chi connectivity index (χ0v) is 24.1. The molecular weight excluding hydrogens is 606 g/mol. The highest BCUT2D eigenvalue weighted by Crippen LogP contribution is 2.28. The van der Waals surface area contributed by atoms with Crippen LogP contribution in [0.25, 0.3) is 0 Å². The molecule has 0 aromatic heterocycles. The molecule has 0 heterocycles. The number of phenols is 1. The van der Waals surface area contributed by atoms with Crippen molar-refractivity contribution in [1.29, 1.82) is 0 Å². The number of carboxylic acids is 6. The zero-order valence-electron chi connectivity index (χ0n) is 24.1. The van der Waals surface area contributed by atoms with Crippen LogP contribution in [-0.2, 0) is 46.7 Å². The molecule has 4 atom stereocenters. The summed E-state index contributed by atoms with van der Waals surface area (Å²) >= 11 is 0. The summed E-state index contributed by atoms with van der Waals surface area (Å²) in [6, 6.07) is -2.74. The molecular formula is C26H37N5O14. The van der Waals surface area contributed by atoms with Gasteiger partial charge in [0.2, 0.25) is 5.91 Å². The molecule has 250 valence electrons. The van der Waals surface area contributed by atoms with Crippen molar-refractivity contribution >= 4 is 47.4 Å². The van der Waals surface area contributed by atoms with Gasteiger partial charge in [0, 0.05) is 36.8 Å². The van der Waals surface area contributed by atoms with E-state index in [1.165, 1.54) is 19.1 Å². The highest BCUT2D eigenvalue weighted by atomic mass is 16.4. The molecule has 0 radical (unpaired) electrons. The number of carbonyl (C=O) groups excluding carboxylic acids is 1. The number of hydrogen-bond acceptors (Lipinski definition) is 12. The molecule has 19 nitrogen and oxygen atoms in total. The van der Waals surface area contributed by atoms with Crippen LogP contribution in [0.4, 0.5) is 5.69 Å². The van der Waals surface area contributed by atoms with Gasteiger partial charge >= 0.3 is 35.8 Å². The molecule has 0 saturated heterocycles. The van der Waals surface area contributed by atoms with Gasteiger partial charge in [0.1, 0.15) is 29.9 Å². The second-order valence-electron chi connectivity index (χ2n) is 9.83. The smallest absolute Gasteiger partial charge is 0.321 e. The minimum absolute atomic E-state index is 0.109. The van der Waals surface area contributed by atoms with E-state index in [-0.39, 0.29) is 61.6 Å². The summed E-state index contributed by atoms with van der Waals surface area (Å²) in [6.07, 6.45) is -1.81. The number of rotatable bonds is 23. The van der Waals surface area contributed by atoms with Crippen LogP contribution in [0.15, 0.2) is 12.1 Å². The van der Waals surface area contributed by atoms with Crippen molar-refractivity contribution in [3.63, 3.8) is 0 Å². The second-order valence-corrected chi connectivity index (χ2v) is 9.83. The van der Waals surface area contributed by atoms with Gasteiger partial charge in [-0.05, 0) is 38.1 Å². The molecule has 1 rings (SSSR count). The van der Waals surface area contributed by atoms with Crippen molar-refractivity contribution in [3.8, 4) is 5.75 Å². The lowest BCUT2D eigenvalue weighted by atomic mass is 10.0. The lowest BCUT2D eigenvalue weighted by molar-refractivity contribution is -0.146. The van der Waals surface area contributed by atoms with Gasteiger partial charge in [0.15, 0.2) is 0 Å². The lowest BCUT2D eigenvalue weighted by Gasteiger charge is -2.20. The van der Waals surface area contributed by atoms with Gasteiger partial charge in [-0.2, -0.15) is 0 Å². The number of carboxylic acid groups (broad SMARTS) is 6. The third kappa shape index (κ3) is 14.4. The summed E-state index contributed by atoms with van der Waals surface area (Å²) in [5, 5.41) is 78.8. The average molecular weight is 644 g/mol. The van der Waals surface area contributed by atoms with Gasteiger partial charge in [-0.3, -0.25) is 33.6 Å². The first kappa shape index (κ1) is 38.2. The average Bonchev–Trinajstić information content (AvgIpc) is 2.91. The Hall–Kier alpha value is -4.85. The Bertz CT molecular complexity index is 1170. The molecule has 0 spiro atoms. The van der Waals surface area contributed by atoms with Gasteiger partial charge < -0.3 is 62.3 Å². The molecule has 45 heavy (non-hydrogen) atoms. The summed E-state index contributed by atoms with van der Waals surface area (Å²) in [5.41, 5.74) is 0.406. The Balaban J connectivity index is 3.02. The van der Waals surface area contributed by atoms with Crippen LogP contribution in [0.1, 0.15) is 43.7 Å². The molecule has 1 aromatic rings. The van der Waals surface area contributed by atoms with E-state index in [4.69, 9.17) is 20.4 Å². The fourth-order valence-electron chi connectivity index (χ4n) is 4.04. The van der Waals surface area contributed by atoms with E-state index < -0.39 is 78.7 Å². The third-order valence-electron chi connectivity index (χ3n) is 6.26. The number of hydrogen-bond donors (Lipinski definition) is 12. The molecule has 1 aromatic carbocycles. The normalized spacial score (nSPS) is 13.6. The first-order chi connectivity index (χ1) is 21.0. The van der Waals surface area contributed by atoms with E-state index in [2.05, 4.69) is 26.6 Å². The van der Waals surface area contributed by atoms with Crippen molar-refractivity contribution < 1.29 is 69.3 Å². The highest BCUT2D eigenvalue weighted by molar-refractivity contribution is 5.89. The van der Waals surface area contributed by atoms with Crippen LogP contribution in [0, 0.1) is 0 Å². The van der Waals surface area contributed by atoms with Crippen LogP contribution in [0.5, 0.6) is 5.75 Å². The van der Waals surface area contributed by atoms with Gasteiger partial charge in [0.05, 0.1) is 12.8 Å². The number of benzene rings is 1. The van der Waals surface area contributed by atoms with Crippen LogP contribution in [0.3, 0.4) is 0 Å². The summed E-state index contributed by atoms with van der Waals surface area (Å²) in [6.45, 7) is 0.305. The molecule has 1 amide bonds. The predicted molar refractivity (Wildman–Crippen MR) is 152 cm³/mol. The summed E-state index contributed by atoms with van der Waals surface area (Å²) in [4.78, 5) is 79.3. The first-order valence-electron chi connectivity index (χ1n) is 13.4. The van der Waals surface area contributed by atoms with Crippen molar-refractivity contribution in [2.24, 2.45) is 0 Å². The third-order valence-corrected chi connectivity index (χ3v) is 6.26. The Labute approximate surface area is 255 Å². The summed E-state index contributed by atoms with van der Waals surface area (Å²) in [5.74, 6) is -9.09. The van der Waals surface area contributed by atoms with E-state index in [0.717, 1.165) is 0 Å². The van der Waals surface area contributed by atoms with Crippen LogP contribution >= 0.6 is 0 Å². The van der Waals surface area contributed by atoms with E-state index in [9.17, 15) is 48.9 Å². The topological polar surface area (TPSA) is 321 Å². The second kappa shape index (κ2) is 18.7. The van der Waals surface area contributed by atoms with E-state index in [1.54, 1.807) is 0 Å². The molecule has 4 unspecified atom stereocenters. The SMILES string of the molecule is CC(=O)Nc1cc(CNC(CCNC(CC(=O)O)C(=O)O)C(=O)O)c(O)c(CNC(CCNC(CC(=O)O)C(=O)O)C(=O)O)c1. The van der Waals surface area contributed by atoms with Crippen molar-refractivity contribution in [2.45, 2.75) is 69.9 Å². The minimum Gasteiger partial charge on any atom is -0.507 e. The number of nitrogens with one attached hydrogen (secondary N) is 5. The lowest BCUT2D eigenvalue weighted by Crippen LogP contribution is -2.43. The fraction of sp³-hybridized carbons (Fsp3) is 0.500. The maximum Gasteiger partial charge on any atom is 0.321 e. The van der Waals surface area contributed by atoms with Crippen LogP contribution < -0.4 is 26.6 Å². The monoisotopic (exact) mass is 643 g/mol. The molecule has 19 heteroatoms. The van der Waals surface area contributed by atoms with Crippen molar-refractivity contribution in [3.05, 3.63) is 23.3 Å². The van der Waals surface area contributed by atoms with Crippen LogP contribution in [-0.4, -0.2) is 115 Å².